The second-order valence-corrected chi connectivity index (χ2v) is 7.41. The van der Waals surface area contributed by atoms with Gasteiger partial charge in [-0.1, -0.05) is 30.3 Å². The van der Waals surface area contributed by atoms with Crippen molar-refractivity contribution < 1.29 is 0 Å². The molecule has 5 N–H and O–H groups in total. The number of imidazole rings is 1. The Bertz CT molecular complexity index is 1000. The fourth-order valence-electron chi connectivity index (χ4n) is 3.06. The largest absolute Gasteiger partial charge is 0.345 e. The number of aromatic amines is 1. The van der Waals surface area contributed by atoms with E-state index in [4.69, 9.17) is 11.5 Å². The fraction of sp³-hybridized carbons (Fsp3) is 0.150. The molecule has 0 saturated heterocycles. The van der Waals surface area contributed by atoms with Crippen molar-refractivity contribution in [2.45, 2.75) is 19.0 Å². The van der Waals surface area contributed by atoms with Crippen LogP contribution < -0.4 is 11.5 Å². The van der Waals surface area contributed by atoms with Crippen LogP contribution in [0.25, 0.3) is 22.2 Å². The van der Waals surface area contributed by atoms with Crippen molar-refractivity contribution in [3.8, 4) is 11.1 Å². The van der Waals surface area contributed by atoms with Crippen molar-refractivity contribution in [1.82, 2.24) is 9.97 Å². The summed E-state index contributed by atoms with van der Waals surface area (Å²) in [6, 6.07) is 16.0. The average molecular weight is 348 g/mol. The quantitative estimate of drug-likeness (QED) is 0.514. The van der Waals surface area contributed by atoms with E-state index in [1.807, 2.05) is 18.2 Å². The van der Waals surface area contributed by atoms with Gasteiger partial charge in [-0.05, 0) is 52.8 Å². The molecule has 0 radical (unpaired) electrons. The molecule has 0 fully saturated rings. The van der Waals surface area contributed by atoms with Gasteiger partial charge in [0.05, 0.1) is 17.4 Å². The molecule has 0 saturated carbocycles. The Morgan fingerprint density at radius 2 is 1.64 bits per heavy atom. The fourth-order valence-corrected chi connectivity index (χ4v) is 3.78. The zero-order valence-electron chi connectivity index (χ0n) is 13.9. The number of benzene rings is 2. The highest BCUT2D eigenvalue weighted by atomic mass is 32.1. The van der Waals surface area contributed by atoms with E-state index >= 15 is 0 Å². The molecule has 126 valence electrons. The molecule has 2 heterocycles. The maximum Gasteiger partial charge on any atom is 0.0931 e. The first kappa shape index (κ1) is 16.0. The lowest BCUT2D eigenvalue weighted by Gasteiger charge is -2.21. The molecule has 4 aromatic rings. The standard InChI is InChI=1S/C20H20N4S/c1-12-8-16(10-25-12)13-2-4-14(5-3-13)19(21)20(22)15-6-7-17-18(9-15)24-11-23-17/h2-11,19-20H,21-22H2,1H3,(H,23,24). The van der Waals surface area contributed by atoms with Gasteiger partial charge in [-0.2, -0.15) is 0 Å². The predicted molar refractivity (Wildman–Crippen MR) is 104 cm³/mol. The molecule has 0 aliphatic carbocycles. The summed E-state index contributed by atoms with van der Waals surface area (Å²) in [6.07, 6.45) is 1.69. The van der Waals surface area contributed by atoms with Gasteiger partial charge in [-0.25, -0.2) is 4.98 Å². The first-order valence-electron chi connectivity index (χ1n) is 8.21. The first-order chi connectivity index (χ1) is 12.1. The van der Waals surface area contributed by atoms with Crippen molar-refractivity contribution in [3.05, 3.63) is 76.2 Å². The van der Waals surface area contributed by atoms with Crippen LogP contribution in [0, 0.1) is 6.92 Å². The summed E-state index contributed by atoms with van der Waals surface area (Å²) in [4.78, 5) is 8.69. The number of aromatic nitrogens is 2. The van der Waals surface area contributed by atoms with Crippen LogP contribution >= 0.6 is 11.3 Å². The predicted octanol–water partition coefficient (Wildman–Crippen LogP) is 4.30. The van der Waals surface area contributed by atoms with Crippen LogP contribution in [-0.4, -0.2) is 9.97 Å². The minimum atomic E-state index is -0.282. The smallest absolute Gasteiger partial charge is 0.0931 e. The Morgan fingerprint density at radius 3 is 2.36 bits per heavy atom. The lowest BCUT2D eigenvalue weighted by molar-refractivity contribution is 0.575. The molecular weight excluding hydrogens is 328 g/mol. The number of thiophene rings is 1. The van der Waals surface area contributed by atoms with Gasteiger partial charge >= 0.3 is 0 Å². The Balaban J connectivity index is 1.57. The van der Waals surface area contributed by atoms with Gasteiger partial charge in [0.1, 0.15) is 0 Å². The van der Waals surface area contributed by atoms with E-state index in [0.717, 1.165) is 22.2 Å². The molecule has 0 bridgehead atoms. The first-order valence-corrected chi connectivity index (χ1v) is 9.09. The highest BCUT2D eigenvalue weighted by Crippen LogP contribution is 2.29. The van der Waals surface area contributed by atoms with Crippen LogP contribution in [0.2, 0.25) is 0 Å². The molecular formula is C20H20N4S. The van der Waals surface area contributed by atoms with E-state index in [9.17, 15) is 0 Å². The van der Waals surface area contributed by atoms with Crippen LogP contribution in [0.4, 0.5) is 0 Å². The zero-order chi connectivity index (χ0) is 17.4. The SMILES string of the molecule is Cc1cc(-c2ccc(C(N)C(N)c3ccc4[nH]cnc4c3)cc2)cs1. The third kappa shape index (κ3) is 3.09. The molecule has 2 aromatic heterocycles. The molecule has 0 spiro atoms. The average Bonchev–Trinajstić information content (AvgIpc) is 3.28. The van der Waals surface area contributed by atoms with Gasteiger partial charge in [0.2, 0.25) is 0 Å². The summed E-state index contributed by atoms with van der Waals surface area (Å²) >= 11 is 1.76. The molecule has 2 aromatic carbocycles. The Hall–Kier alpha value is -2.47. The van der Waals surface area contributed by atoms with Crippen LogP contribution in [0.5, 0.6) is 0 Å². The Labute approximate surface area is 150 Å². The van der Waals surface area contributed by atoms with Crippen molar-refractivity contribution >= 4 is 22.4 Å². The summed E-state index contributed by atoms with van der Waals surface area (Å²) in [5.74, 6) is 0. The molecule has 5 heteroatoms. The van der Waals surface area contributed by atoms with Crippen LogP contribution in [0.1, 0.15) is 28.1 Å². The monoisotopic (exact) mass is 348 g/mol. The number of hydrogen-bond donors (Lipinski definition) is 3. The molecule has 2 unspecified atom stereocenters. The molecule has 4 nitrogen and oxygen atoms in total. The number of nitrogens with two attached hydrogens (primary N) is 2. The molecule has 0 aliphatic rings. The van der Waals surface area contributed by atoms with Crippen LogP contribution in [0.15, 0.2) is 60.2 Å². The van der Waals surface area contributed by atoms with E-state index in [2.05, 4.69) is 52.6 Å². The van der Waals surface area contributed by atoms with E-state index in [1.165, 1.54) is 16.0 Å². The van der Waals surface area contributed by atoms with Gasteiger partial charge in [0, 0.05) is 17.0 Å². The third-order valence-electron chi connectivity index (χ3n) is 4.58. The van der Waals surface area contributed by atoms with E-state index in [-0.39, 0.29) is 12.1 Å². The zero-order valence-corrected chi connectivity index (χ0v) is 14.8. The number of rotatable bonds is 4. The van der Waals surface area contributed by atoms with Gasteiger partial charge in [0.25, 0.3) is 0 Å². The van der Waals surface area contributed by atoms with E-state index < -0.39 is 0 Å². The second-order valence-electron chi connectivity index (χ2n) is 6.30. The number of fused-ring (bicyclic) bond motifs is 1. The second kappa shape index (κ2) is 6.44. The third-order valence-corrected chi connectivity index (χ3v) is 5.44. The molecule has 4 rings (SSSR count). The van der Waals surface area contributed by atoms with Crippen molar-refractivity contribution in [1.29, 1.82) is 0 Å². The maximum absolute atomic E-state index is 6.43. The summed E-state index contributed by atoms with van der Waals surface area (Å²) in [5, 5.41) is 2.18. The van der Waals surface area contributed by atoms with Gasteiger partial charge < -0.3 is 16.5 Å². The van der Waals surface area contributed by atoms with Gasteiger partial charge in [-0.15, -0.1) is 11.3 Å². The number of nitrogens with one attached hydrogen (secondary N) is 1. The molecule has 25 heavy (non-hydrogen) atoms. The number of hydrogen-bond acceptors (Lipinski definition) is 4. The summed E-state index contributed by atoms with van der Waals surface area (Å²) in [5.41, 5.74) is 19.2. The van der Waals surface area contributed by atoms with E-state index in [1.54, 1.807) is 17.7 Å². The van der Waals surface area contributed by atoms with Crippen molar-refractivity contribution in [3.63, 3.8) is 0 Å². The van der Waals surface area contributed by atoms with Gasteiger partial charge in [-0.3, -0.25) is 0 Å². The number of aryl methyl sites for hydroxylation is 1. The maximum atomic E-state index is 6.43. The van der Waals surface area contributed by atoms with Crippen LogP contribution in [-0.2, 0) is 0 Å². The van der Waals surface area contributed by atoms with E-state index in [0.29, 0.717) is 0 Å². The molecule has 0 aliphatic heterocycles. The molecule has 0 amide bonds. The minimum absolute atomic E-state index is 0.269. The Kier molecular flexibility index (Phi) is 4.13. The summed E-state index contributed by atoms with van der Waals surface area (Å²) in [7, 11) is 0. The topological polar surface area (TPSA) is 80.7 Å². The lowest BCUT2D eigenvalue weighted by Crippen LogP contribution is -2.26. The summed E-state index contributed by atoms with van der Waals surface area (Å²) in [6.45, 7) is 2.12. The van der Waals surface area contributed by atoms with Gasteiger partial charge in [0.15, 0.2) is 0 Å². The van der Waals surface area contributed by atoms with Crippen molar-refractivity contribution in [2.75, 3.05) is 0 Å². The number of H-pyrrole nitrogens is 1. The Morgan fingerprint density at radius 1 is 0.920 bits per heavy atom. The van der Waals surface area contributed by atoms with Crippen molar-refractivity contribution in [2.24, 2.45) is 11.5 Å². The number of nitrogens with zero attached hydrogens (tertiary/aromatic N) is 1. The van der Waals surface area contributed by atoms with Crippen LogP contribution in [0.3, 0.4) is 0 Å². The molecule has 2 atom stereocenters. The highest BCUT2D eigenvalue weighted by Gasteiger charge is 2.18. The normalized spacial score (nSPS) is 13.9. The minimum Gasteiger partial charge on any atom is -0.345 e. The highest BCUT2D eigenvalue weighted by molar-refractivity contribution is 7.10. The lowest BCUT2D eigenvalue weighted by atomic mass is 9.93. The summed E-state index contributed by atoms with van der Waals surface area (Å²) < 4.78 is 0.